The molecule has 1 aliphatic rings. The normalized spacial score (nSPS) is 18.0. The standard InChI is InChI=1S/C24H33NO3/c1-19(2)21-12-10-20(11-13-21)15-25(17-24-9-6-14-27-24)16-22(26)18-28-23-7-4-3-5-8-23/h3-5,7-8,10-13,19,22,24,26H,6,9,14-18H2,1-2H3. The summed E-state index contributed by atoms with van der Waals surface area (Å²) in [5.41, 5.74) is 2.62. The van der Waals surface area contributed by atoms with E-state index in [9.17, 15) is 5.11 Å². The third-order valence-electron chi connectivity index (χ3n) is 5.19. The van der Waals surface area contributed by atoms with E-state index in [-0.39, 0.29) is 6.10 Å². The molecular formula is C24H33NO3. The summed E-state index contributed by atoms with van der Waals surface area (Å²) in [4.78, 5) is 2.29. The minimum atomic E-state index is -0.545. The summed E-state index contributed by atoms with van der Waals surface area (Å²) in [6, 6.07) is 18.5. The summed E-state index contributed by atoms with van der Waals surface area (Å²) in [5.74, 6) is 1.32. The molecule has 1 fully saturated rings. The van der Waals surface area contributed by atoms with Gasteiger partial charge in [0.1, 0.15) is 18.5 Å². The van der Waals surface area contributed by atoms with Crippen molar-refractivity contribution in [2.75, 3.05) is 26.3 Å². The Morgan fingerprint density at radius 3 is 2.50 bits per heavy atom. The van der Waals surface area contributed by atoms with Crippen molar-refractivity contribution in [3.63, 3.8) is 0 Å². The number of benzene rings is 2. The van der Waals surface area contributed by atoms with Crippen LogP contribution in [0.5, 0.6) is 5.75 Å². The summed E-state index contributed by atoms with van der Waals surface area (Å²) in [5, 5.41) is 10.5. The van der Waals surface area contributed by atoms with E-state index in [1.54, 1.807) is 0 Å². The van der Waals surface area contributed by atoms with Gasteiger partial charge in [-0.1, -0.05) is 56.3 Å². The molecule has 1 N–H and O–H groups in total. The fourth-order valence-electron chi connectivity index (χ4n) is 3.61. The highest BCUT2D eigenvalue weighted by Gasteiger charge is 2.21. The monoisotopic (exact) mass is 383 g/mol. The second kappa shape index (κ2) is 10.6. The first-order chi connectivity index (χ1) is 13.6. The zero-order valence-electron chi connectivity index (χ0n) is 17.1. The largest absolute Gasteiger partial charge is 0.491 e. The van der Waals surface area contributed by atoms with E-state index < -0.39 is 6.10 Å². The first-order valence-corrected chi connectivity index (χ1v) is 10.4. The van der Waals surface area contributed by atoms with Gasteiger partial charge in [0.05, 0.1) is 6.10 Å². The highest BCUT2D eigenvalue weighted by molar-refractivity contribution is 5.24. The first-order valence-electron chi connectivity index (χ1n) is 10.4. The number of hydrogen-bond acceptors (Lipinski definition) is 4. The van der Waals surface area contributed by atoms with Crippen LogP contribution in [0.1, 0.15) is 43.7 Å². The van der Waals surface area contributed by atoms with Crippen LogP contribution in [0.3, 0.4) is 0 Å². The molecule has 1 aliphatic heterocycles. The molecule has 0 saturated carbocycles. The Hall–Kier alpha value is -1.88. The highest BCUT2D eigenvalue weighted by Crippen LogP contribution is 2.18. The molecule has 0 aromatic heterocycles. The molecule has 28 heavy (non-hydrogen) atoms. The maximum Gasteiger partial charge on any atom is 0.119 e. The van der Waals surface area contributed by atoms with Gasteiger partial charge < -0.3 is 14.6 Å². The smallest absolute Gasteiger partial charge is 0.119 e. The summed E-state index contributed by atoms with van der Waals surface area (Å²) >= 11 is 0. The van der Waals surface area contributed by atoms with Crippen LogP contribution < -0.4 is 4.74 Å². The van der Waals surface area contributed by atoms with Crippen LogP contribution in [-0.4, -0.2) is 48.5 Å². The van der Waals surface area contributed by atoms with Crippen molar-refractivity contribution < 1.29 is 14.6 Å². The Morgan fingerprint density at radius 2 is 1.86 bits per heavy atom. The van der Waals surface area contributed by atoms with Gasteiger partial charge >= 0.3 is 0 Å². The topological polar surface area (TPSA) is 41.9 Å². The van der Waals surface area contributed by atoms with Gasteiger partial charge in [-0.25, -0.2) is 0 Å². The van der Waals surface area contributed by atoms with E-state index in [4.69, 9.17) is 9.47 Å². The van der Waals surface area contributed by atoms with Crippen LogP contribution in [0.15, 0.2) is 54.6 Å². The summed E-state index contributed by atoms with van der Waals surface area (Å²) in [6.07, 6.45) is 1.94. The van der Waals surface area contributed by atoms with Gasteiger partial charge in [0.2, 0.25) is 0 Å². The third kappa shape index (κ3) is 6.62. The van der Waals surface area contributed by atoms with Gasteiger partial charge in [-0.3, -0.25) is 4.90 Å². The van der Waals surface area contributed by atoms with Crippen molar-refractivity contribution in [3.8, 4) is 5.75 Å². The average Bonchev–Trinajstić information content (AvgIpc) is 3.20. The van der Waals surface area contributed by atoms with Crippen LogP contribution in [0, 0.1) is 0 Å². The van der Waals surface area contributed by atoms with Crippen molar-refractivity contribution in [3.05, 3.63) is 65.7 Å². The first kappa shape index (κ1) is 20.8. The van der Waals surface area contributed by atoms with E-state index in [2.05, 4.69) is 43.0 Å². The molecule has 4 heteroatoms. The molecule has 2 aromatic rings. The molecular weight excluding hydrogens is 350 g/mol. The number of aliphatic hydroxyl groups excluding tert-OH is 1. The maximum absolute atomic E-state index is 10.5. The van der Waals surface area contributed by atoms with E-state index in [0.29, 0.717) is 19.1 Å². The number of rotatable bonds is 10. The predicted octanol–water partition coefficient (Wildman–Crippen LogP) is 4.23. The number of ether oxygens (including phenoxy) is 2. The lowest BCUT2D eigenvalue weighted by atomic mass is 10.0. The van der Waals surface area contributed by atoms with Crippen molar-refractivity contribution >= 4 is 0 Å². The lowest BCUT2D eigenvalue weighted by Crippen LogP contribution is -2.39. The van der Waals surface area contributed by atoms with Crippen molar-refractivity contribution in [2.45, 2.75) is 51.4 Å². The zero-order valence-corrected chi connectivity index (χ0v) is 17.1. The Bertz CT molecular complexity index is 681. The zero-order chi connectivity index (χ0) is 19.8. The van der Waals surface area contributed by atoms with Gasteiger partial charge in [0.15, 0.2) is 0 Å². The molecule has 0 amide bonds. The Morgan fingerprint density at radius 1 is 1.11 bits per heavy atom. The molecule has 3 rings (SSSR count). The summed E-state index contributed by atoms with van der Waals surface area (Å²) in [7, 11) is 0. The number of para-hydroxylation sites is 1. The van der Waals surface area contributed by atoms with Gasteiger partial charge in [0, 0.05) is 26.2 Å². The molecule has 0 aliphatic carbocycles. The van der Waals surface area contributed by atoms with Crippen molar-refractivity contribution in [2.24, 2.45) is 0 Å². The summed E-state index contributed by atoms with van der Waals surface area (Å²) < 4.78 is 11.6. The van der Waals surface area contributed by atoms with Crippen LogP contribution in [0.2, 0.25) is 0 Å². The maximum atomic E-state index is 10.5. The van der Waals surface area contributed by atoms with Gasteiger partial charge in [0.25, 0.3) is 0 Å². The molecule has 152 valence electrons. The van der Waals surface area contributed by atoms with Gasteiger partial charge in [-0.2, -0.15) is 0 Å². The SMILES string of the molecule is CC(C)c1ccc(CN(CC(O)COc2ccccc2)CC2CCCO2)cc1. The molecule has 1 heterocycles. The second-order valence-corrected chi connectivity index (χ2v) is 8.00. The van der Waals surface area contributed by atoms with Gasteiger partial charge in [-0.15, -0.1) is 0 Å². The van der Waals surface area contributed by atoms with E-state index in [0.717, 1.165) is 38.3 Å². The Labute approximate surface area is 169 Å². The molecule has 0 spiro atoms. The molecule has 1 saturated heterocycles. The summed E-state index contributed by atoms with van der Waals surface area (Å²) in [6.45, 7) is 7.77. The van der Waals surface area contributed by atoms with Crippen LogP contribution >= 0.6 is 0 Å². The van der Waals surface area contributed by atoms with E-state index in [1.165, 1.54) is 11.1 Å². The van der Waals surface area contributed by atoms with E-state index in [1.807, 2.05) is 30.3 Å². The average molecular weight is 384 g/mol. The van der Waals surface area contributed by atoms with Crippen molar-refractivity contribution in [1.29, 1.82) is 0 Å². The Kier molecular flexibility index (Phi) is 7.90. The van der Waals surface area contributed by atoms with Crippen LogP contribution in [0.4, 0.5) is 0 Å². The van der Waals surface area contributed by atoms with Crippen LogP contribution in [-0.2, 0) is 11.3 Å². The third-order valence-corrected chi connectivity index (χ3v) is 5.19. The lowest BCUT2D eigenvalue weighted by molar-refractivity contribution is 0.0313. The minimum Gasteiger partial charge on any atom is -0.491 e. The fraction of sp³-hybridized carbons (Fsp3) is 0.500. The van der Waals surface area contributed by atoms with E-state index >= 15 is 0 Å². The number of hydrogen-bond donors (Lipinski definition) is 1. The van der Waals surface area contributed by atoms with Gasteiger partial charge in [-0.05, 0) is 42.0 Å². The number of aliphatic hydroxyl groups is 1. The molecule has 2 unspecified atom stereocenters. The Balaban J connectivity index is 1.57. The minimum absolute atomic E-state index is 0.261. The molecule has 2 aromatic carbocycles. The number of nitrogens with zero attached hydrogens (tertiary/aromatic N) is 1. The molecule has 4 nitrogen and oxygen atoms in total. The lowest BCUT2D eigenvalue weighted by Gasteiger charge is -2.27. The fourth-order valence-corrected chi connectivity index (χ4v) is 3.61. The molecule has 0 radical (unpaired) electrons. The molecule has 0 bridgehead atoms. The highest BCUT2D eigenvalue weighted by atomic mass is 16.5. The molecule has 2 atom stereocenters. The van der Waals surface area contributed by atoms with Crippen LogP contribution in [0.25, 0.3) is 0 Å². The quantitative estimate of drug-likeness (QED) is 0.667. The second-order valence-electron chi connectivity index (χ2n) is 8.00. The predicted molar refractivity (Wildman–Crippen MR) is 113 cm³/mol. The van der Waals surface area contributed by atoms with Crippen molar-refractivity contribution in [1.82, 2.24) is 4.90 Å².